The highest BCUT2D eigenvalue weighted by molar-refractivity contribution is 5.95. The molecule has 2 heterocycles. The number of hydrogen-bond acceptors (Lipinski definition) is 3. The maximum absolute atomic E-state index is 13.4. The fourth-order valence-electron chi connectivity index (χ4n) is 4.50. The van der Waals surface area contributed by atoms with Crippen molar-refractivity contribution in [3.8, 4) is 0 Å². The van der Waals surface area contributed by atoms with Gasteiger partial charge in [-0.2, -0.15) is 0 Å². The lowest BCUT2D eigenvalue weighted by molar-refractivity contribution is -0.119. The van der Waals surface area contributed by atoms with E-state index in [9.17, 15) is 14.0 Å². The maximum atomic E-state index is 13.4. The minimum Gasteiger partial charge on any atom is -0.352 e. The zero-order chi connectivity index (χ0) is 23.5. The van der Waals surface area contributed by atoms with Crippen LogP contribution in [0.4, 0.5) is 10.1 Å². The van der Waals surface area contributed by atoms with Crippen LogP contribution < -0.4 is 10.2 Å². The van der Waals surface area contributed by atoms with Gasteiger partial charge in [0, 0.05) is 30.8 Å². The summed E-state index contributed by atoms with van der Waals surface area (Å²) in [5.74, 6) is 0.0982. The molecular formula is C27H25FN4O2. The first-order valence-electron chi connectivity index (χ1n) is 11.5. The fraction of sp³-hybridized carbons (Fsp3) is 0.222. The average Bonchev–Trinajstić information content (AvgIpc) is 3.21. The number of amides is 2. The zero-order valence-electron chi connectivity index (χ0n) is 18.7. The third-order valence-corrected chi connectivity index (χ3v) is 6.18. The summed E-state index contributed by atoms with van der Waals surface area (Å²) >= 11 is 0. The number of aryl methyl sites for hydroxylation is 1. The summed E-state index contributed by atoms with van der Waals surface area (Å²) in [7, 11) is 0. The van der Waals surface area contributed by atoms with Gasteiger partial charge in [0.2, 0.25) is 5.91 Å². The molecular weight excluding hydrogens is 431 g/mol. The standard InChI is InChI=1S/C27H25FN4O2/c28-21-13-11-20(12-14-21)27(34)29-16-15-25-30-22-8-2-4-10-24(22)32(25)18-26(33)31-17-5-7-19-6-1-3-9-23(19)31/h1-4,6,8-14H,5,7,15-18H2,(H,29,34). The summed E-state index contributed by atoms with van der Waals surface area (Å²) in [5, 5.41) is 2.86. The van der Waals surface area contributed by atoms with Crippen LogP contribution >= 0.6 is 0 Å². The van der Waals surface area contributed by atoms with Crippen molar-refractivity contribution in [2.45, 2.75) is 25.8 Å². The van der Waals surface area contributed by atoms with Crippen molar-refractivity contribution in [3.05, 3.63) is 95.6 Å². The van der Waals surface area contributed by atoms with Gasteiger partial charge in [-0.3, -0.25) is 9.59 Å². The van der Waals surface area contributed by atoms with Crippen LogP contribution in [0.2, 0.25) is 0 Å². The molecule has 1 aliphatic rings. The molecule has 0 spiro atoms. The first kappa shape index (κ1) is 21.8. The molecule has 5 rings (SSSR count). The molecule has 0 bridgehead atoms. The summed E-state index contributed by atoms with van der Waals surface area (Å²) in [4.78, 5) is 32.4. The Labute approximate surface area is 197 Å². The summed E-state index contributed by atoms with van der Waals surface area (Å²) in [6.45, 7) is 1.22. The van der Waals surface area contributed by atoms with Crippen LogP contribution in [0.25, 0.3) is 11.0 Å². The highest BCUT2D eigenvalue weighted by Crippen LogP contribution is 2.27. The smallest absolute Gasteiger partial charge is 0.251 e. The maximum Gasteiger partial charge on any atom is 0.251 e. The molecule has 34 heavy (non-hydrogen) atoms. The molecule has 0 atom stereocenters. The molecule has 4 aromatic rings. The van der Waals surface area contributed by atoms with Gasteiger partial charge in [-0.1, -0.05) is 30.3 Å². The van der Waals surface area contributed by atoms with Crippen molar-refractivity contribution in [3.63, 3.8) is 0 Å². The SMILES string of the molecule is O=C(NCCc1nc2ccccc2n1CC(=O)N1CCCc2ccccc21)c1ccc(F)cc1. The van der Waals surface area contributed by atoms with Gasteiger partial charge in [-0.15, -0.1) is 0 Å². The molecule has 172 valence electrons. The third kappa shape index (κ3) is 4.41. The highest BCUT2D eigenvalue weighted by atomic mass is 19.1. The number of imidazole rings is 1. The number of nitrogens with one attached hydrogen (secondary N) is 1. The second-order valence-corrected chi connectivity index (χ2v) is 8.39. The Bertz CT molecular complexity index is 1350. The number of aromatic nitrogens is 2. The minimum absolute atomic E-state index is 0.0203. The van der Waals surface area contributed by atoms with E-state index in [0.717, 1.165) is 35.4 Å². The van der Waals surface area contributed by atoms with Crippen molar-refractivity contribution in [2.24, 2.45) is 0 Å². The normalized spacial score (nSPS) is 13.0. The lowest BCUT2D eigenvalue weighted by Crippen LogP contribution is -2.38. The Hall–Kier alpha value is -4.00. The lowest BCUT2D eigenvalue weighted by atomic mass is 10.0. The third-order valence-electron chi connectivity index (χ3n) is 6.18. The molecule has 0 unspecified atom stereocenters. The Morgan fingerprint density at radius 1 is 0.971 bits per heavy atom. The van der Waals surface area contributed by atoms with Crippen molar-refractivity contribution in [2.75, 3.05) is 18.0 Å². The summed E-state index contributed by atoms with van der Waals surface area (Å²) in [6.07, 6.45) is 2.38. The number of nitrogens with zero attached hydrogens (tertiary/aromatic N) is 3. The molecule has 0 fully saturated rings. The molecule has 0 aliphatic carbocycles. The van der Waals surface area contributed by atoms with Crippen LogP contribution in [-0.4, -0.2) is 34.5 Å². The molecule has 3 aromatic carbocycles. The van der Waals surface area contributed by atoms with Crippen LogP contribution in [-0.2, 0) is 24.2 Å². The van der Waals surface area contributed by atoms with Gasteiger partial charge in [0.1, 0.15) is 18.2 Å². The lowest BCUT2D eigenvalue weighted by Gasteiger charge is -2.29. The molecule has 1 aromatic heterocycles. The predicted molar refractivity (Wildman–Crippen MR) is 129 cm³/mol. The van der Waals surface area contributed by atoms with Crippen LogP contribution in [0.1, 0.15) is 28.2 Å². The zero-order valence-corrected chi connectivity index (χ0v) is 18.7. The molecule has 1 N–H and O–H groups in total. The van der Waals surface area contributed by atoms with Crippen molar-refractivity contribution in [1.82, 2.24) is 14.9 Å². The van der Waals surface area contributed by atoms with E-state index in [-0.39, 0.29) is 24.2 Å². The van der Waals surface area contributed by atoms with Gasteiger partial charge in [0.15, 0.2) is 0 Å². The van der Waals surface area contributed by atoms with Crippen LogP contribution in [0, 0.1) is 5.82 Å². The summed E-state index contributed by atoms with van der Waals surface area (Å²) in [6, 6.07) is 21.2. The molecule has 0 radical (unpaired) electrons. The molecule has 2 amide bonds. The second-order valence-electron chi connectivity index (χ2n) is 8.39. The molecule has 1 aliphatic heterocycles. The Morgan fingerprint density at radius 2 is 1.74 bits per heavy atom. The van der Waals surface area contributed by atoms with Crippen LogP contribution in [0.15, 0.2) is 72.8 Å². The topological polar surface area (TPSA) is 67.2 Å². The van der Waals surface area contributed by atoms with Crippen molar-refractivity contribution >= 4 is 28.5 Å². The van der Waals surface area contributed by atoms with Gasteiger partial charge < -0.3 is 14.8 Å². The van der Waals surface area contributed by atoms with Crippen LogP contribution in [0.3, 0.4) is 0 Å². The number of carbonyl (C=O) groups is 2. The van der Waals surface area contributed by atoms with E-state index >= 15 is 0 Å². The van der Waals surface area contributed by atoms with Gasteiger partial charge in [0.05, 0.1) is 11.0 Å². The van der Waals surface area contributed by atoms with Crippen molar-refractivity contribution in [1.29, 1.82) is 0 Å². The average molecular weight is 457 g/mol. The first-order valence-corrected chi connectivity index (χ1v) is 11.5. The Balaban J connectivity index is 1.34. The molecule has 6 nitrogen and oxygen atoms in total. The number of halogens is 1. The van der Waals surface area contributed by atoms with E-state index in [4.69, 9.17) is 4.98 Å². The molecule has 0 saturated heterocycles. The monoisotopic (exact) mass is 456 g/mol. The van der Waals surface area contributed by atoms with Gasteiger partial charge in [-0.25, -0.2) is 9.37 Å². The number of rotatable bonds is 6. The Kier molecular flexibility index (Phi) is 6.08. The number of anilines is 1. The summed E-state index contributed by atoms with van der Waals surface area (Å²) in [5.41, 5.74) is 4.28. The largest absolute Gasteiger partial charge is 0.352 e. The number of benzene rings is 3. The van der Waals surface area contributed by atoms with Gasteiger partial charge in [-0.05, 0) is 60.9 Å². The molecule has 0 saturated carbocycles. The van der Waals surface area contributed by atoms with E-state index in [1.165, 1.54) is 29.8 Å². The number of fused-ring (bicyclic) bond motifs is 2. The van der Waals surface area contributed by atoms with Gasteiger partial charge >= 0.3 is 0 Å². The van der Waals surface area contributed by atoms with E-state index in [2.05, 4.69) is 11.4 Å². The second kappa shape index (κ2) is 9.47. The number of para-hydroxylation sites is 3. The Morgan fingerprint density at radius 3 is 2.59 bits per heavy atom. The van der Waals surface area contributed by atoms with E-state index in [1.54, 1.807) is 0 Å². The number of hydrogen-bond donors (Lipinski definition) is 1. The first-order chi connectivity index (χ1) is 16.6. The van der Waals surface area contributed by atoms with E-state index in [1.807, 2.05) is 51.9 Å². The minimum atomic E-state index is -0.383. The quantitative estimate of drug-likeness (QED) is 0.475. The van der Waals surface area contributed by atoms with E-state index < -0.39 is 0 Å². The molecule has 7 heteroatoms. The van der Waals surface area contributed by atoms with E-state index in [0.29, 0.717) is 25.1 Å². The van der Waals surface area contributed by atoms with Crippen LogP contribution in [0.5, 0.6) is 0 Å². The predicted octanol–water partition coefficient (Wildman–Crippen LogP) is 4.13. The van der Waals surface area contributed by atoms with Crippen molar-refractivity contribution < 1.29 is 14.0 Å². The van der Waals surface area contributed by atoms with Gasteiger partial charge in [0.25, 0.3) is 5.91 Å². The fourth-order valence-corrected chi connectivity index (χ4v) is 4.50. The number of carbonyl (C=O) groups excluding carboxylic acids is 2. The highest BCUT2D eigenvalue weighted by Gasteiger charge is 2.24. The summed E-state index contributed by atoms with van der Waals surface area (Å²) < 4.78 is 15.1.